The average molecular weight is 411 g/mol. The Kier molecular flexibility index (Phi) is 5.80. The van der Waals surface area contributed by atoms with Crippen LogP contribution in [-0.2, 0) is 0 Å². The molecule has 1 saturated heterocycles. The lowest BCUT2D eigenvalue weighted by Gasteiger charge is -2.37. The number of piperazine rings is 1. The van der Waals surface area contributed by atoms with Gasteiger partial charge < -0.3 is 15.1 Å². The van der Waals surface area contributed by atoms with Gasteiger partial charge in [-0.3, -0.25) is 10.1 Å². The lowest BCUT2D eigenvalue weighted by Crippen LogP contribution is -2.50. The third-order valence-electron chi connectivity index (χ3n) is 4.17. The van der Waals surface area contributed by atoms with Crippen LogP contribution in [0, 0.1) is 10.1 Å². The Balaban J connectivity index is 1.58. The van der Waals surface area contributed by atoms with E-state index < -0.39 is 4.92 Å². The molecule has 1 aliphatic heterocycles. The molecule has 0 aromatic heterocycles. The highest BCUT2D eigenvalue weighted by molar-refractivity contribution is 7.80. The van der Waals surface area contributed by atoms with Gasteiger partial charge in [0.1, 0.15) is 0 Å². The number of halogens is 2. The molecular formula is C17H16Cl2N4O2S. The number of nitro benzene ring substituents is 1. The van der Waals surface area contributed by atoms with E-state index in [1.165, 1.54) is 12.1 Å². The fourth-order valence-corrected chi connectivity index (χ4v) is 3.47. The molecule has 0 aliphatic carbocycles. The van der Waals surface area contributed by atoms with Crippen molar-refractivity contribution in [3.05, 3.63) is 62.6 Å². The topological polar surface area (TPSA) is 61.7 Å². The highest BCUT2D eigenvalue weighted by Crippen LogP contribution is 2.32. The first-order chi connectivity index (χ1) is 12.5. The van der Waals surface area contributed by atoms with Gasteiger partial charge in [0.05, 0.1) is 20.7 Å². The molecule has 1 aliphatic rings. The number of anilines is 2. The predicted molar refractivity (Wildman–Crippen MR) is 110 cm³/mol. The molecule has 1 fully saturated rings. The zero-order valence-electron chi connectivity index (χ0n) is 13.7. The Morgan fingerprint density at radius 2 is 1.73 bits per heavy atom. The number of hydrogen-bond donors (Lipinski definition) is 1. The van der Waals surface area contributed by atoms with Crippen molar-refractivity contribution in [1.82, 2.24) is 4.90 Å². The zero-order valence-corrected chi connectivity index (χ0v) is 16.0. The second kappa shape index (κ2) is 8.07. The number of non-ortho nitro benzene ring substituents is 1. The number of rotatable bonds is 3. The number of nitro groups is 1. The zero-order chi connectivity index (χ0) is 18.7. The highest BCUT2D eigenvalue weighted by Gasteiger charge is 2.21. The van der Waals surface area contributed by atoms with Crippen LogP contribution in [0.2, 0.25) is 10.0 Å². The van der Waals surface area contributed by atoms with Crippen molar-refractivity contribution in [3.8, 4) is 0 Å². The van der Waals surface area contributed by atoms with Crippen molar-refractivity contribution in [1.29, 1.82) is 0 Å². The second-order valence-electron chi connectivity index (χ2n) is 5.78. The Hall–Kier alpha value is -2.09. The van der Waals surface area contributed by atoms with E-state index in [0.29, 0.717) is 15.2 Å². The molecule has 2 aromatic rings. The molecule has 0 bridgehead atoms. The van der Waals surface area contributed by atoms with Gasteiger partial charge in [-0.15, -0.1) is 0 Å². The Morgan fingerprint density at radius 3 is 2.35 bits per heavy atom. The van der Waals surface area contributed by atoms with E-state index in [0.717, 1.165) is 37.6 Å². The molecule has 136 valence electrons. The largest absolute Gasteiger partial charge is 0.367 e. The van der Waals surface area contributed by atoms with Crippen LogP contribution in [0.4, 0.5) is 17.1 Å². The summed E-state index contributed by atoms with van der Waals surface area (Å²) in [7, 11) is 0. The lowest BCUT2D eigenvalue weighted by atomic mass is 10.2. The summed E-state index contributed by atoms with van der Waals surface area (Å²) in [5, 5.41) is 15.5. The van der Waals surface area contributed by atoms with E-state index in [4.69, 9.17) is 35.4 Å². The molecule has 0 unspecified atom stereocenters. The monoisotopic (exact) mass is 410 g/mol. The highest BCUT2D eigenvalue weighted by atomic mass is 35.5. The van der Waals surface area contributed by atoms with Crippen molar-refractivity contribution in [2.45, 2.75) is 0 Å². The molecule has 0 atom stereocenters. The third kappa shape index (κ3) is 4.17. The Labute approximate surface area is 166 Å². The fourth-order valence-electron chi connectivity index (χ4n) is 2.76. The molecule has 0 amide bonds. The van der Waals surface area contributed by atoms with E-state index in [9.17, 15) is 10.1 Å². The molecule has 9 heteroatoms. The van der Waals surface area contributed by atoms with Gasteiger partial charge in [-0.05, 0) is 36.5 Å². The summed E-state index contributed by atoms with van der Waals surface area (Å²) in [6.45, 7) is 3.01. The third-order valence-corrected chi connectivity index (χ3v) is 5.34. The molecule has 3 rings (SSSR count). The van der Waals surface area contributed by atoms with Crippen molar-refractivity contribution < 1.29 is 4.92 Å². The maximum Gasteiger partial charge on any atom is 0.269 e. The molecule has 26 heavy (non-hydrogen) atoms. The van der Waals surface area contributed by atoms with Crippen LogP contribution in [0.1, 0.15) is 0 Å². The molecule has 0 saturated carbocycles. The minimum absolute atomic E-state index is 0.0495. The van der Waals surface area contributed by atoms with Gasteiger partial charge >= 0.3 is 0 Å². The number of benzene rings is 2. The van der Waals surface area contributed by atoms with Gasteiger partial charge in [0.25, 0.3) is 5.69 Å². The Morgan fingerprint density at radius 1 is 1.08 bits per heavy atom. The second-order valence-corrected chi connectivity index (χ2v) is 6.95. The van der Waals surface area contributed by atoms with E-state index in [1.54, 1.807) is 18.2 Å². The normalized spacial score (nSPS) is 14.2. The van der Waals surface area contributed by atoms with Gasteiger partial charge in [-0.1, -0.05) is 29.3 Å². The van der Waals surface area contributed by atoms with Crippen molar-refractivity contribution in [2.24, 2.45) is 0 Å². The number of nitrogens with one attached hydrogen (secondary N) is 1. The molecule has 6 nitrogen and oxygen atoms in total. The molecule has 1 N–H and O–H groups in total. The molecule has 0 radical (unpaired) electrons. The standard InChI is InChI=1S/C17H16Cl2N4O2S/c18-14-2-1-3-15(16(14)19)21-8-10-22(11-9-21)17(26)20-12-4-6-13(7-5-12)23(24)25/h1-7H,8-11H2,(H,20,26). The van der Waals surface area contributed by atoms with Gasteiger partial charge in [0.2, 0.25) is 0 Å². The van der Waals surface area contributed by atoms with Crippen LogP contribution in [-0.4, -0.2) is 41.1 Å². The lowest BCUT2D eigenvalue weighted by molar-refractivity contribution is -0.384. The predicted octanol–water partition coefficient (Wildman–Crippen LogP) is 4.42. The van der Waals surface area contributed by atoms with E-state index >= 15 is 0 Å². The number of thiocarbonyl (C=S) groups is 1. The summed E-state index contributed by atoms with van der Waals surface area (Å²) in [5.74, 6) is 0. The van der Waals surface area contributed by atoms with Crippen LogP contribution < -0.4 is 10.2 Å². The molecule has 1 heterocycles. The SMILES string of the molecule is O=[N+]([O-])c1ccc(NC(=S)N2CCN(c3cccc(Cl)c3Cl)CC2)cc1. The Bertz CT molecular complexity index is 824. The van der Waals surface area contributed by atoms with E-state index in [2.05, 4.69) is 15.1 Å². The molecule has 2 aromatic carbocycles. The quantitative estimate of drug-likeness (QED) is 0.458. The van der Waals surface area contributed by atoms with Crippen LogP contribution in [0.15, 0.2) is 42.5 Å². The smallest absolute Gasteiger partial charge is 0.269 e. The van der Waals surface area contributed by atoms with Crippen LogP contribution in [0.3, 0.4) is 0 Å². The van der Waals surface area contributed by atoms with Gasteiger partial charge in [-0.2, -0.15) is 0 Å². The first-order valence-corrected chi connectivity index (χ1v) is 9.11. The van der Waals surface area contributed by atoms with Gasteiger partial charge in [0.15, 0.2) is 5.11 Å². The first kappa shape index (κ1) is 18.7. The van der Waals surface area contributed by atoms with Crippen LogP contribution in [0.25, 0.3) is 0 Å². The van der Waals surface area contributed by atoms with Crippen LogP contribution in [0.5, 0.6) is 0 Å². The van der Waals surface area contributed by atoms with Crippen molar-refractivity contribution in [3.63, 3.8) is 0 Å². The molecule has 0 spiro atoms. The fraction of sp³-hybridized carbons (Fsp3) is 0.235. The van der Waals surface area contributed by atoms with E-state index in [1.807, 2.05) is 12.1 Å². The summed E-state index contributed by atoms with van der Waals surface area (Å²) < 4.78 is 0. The first-order valence-electron chi connectivity index (χ1n) is 7.95. The minimum atomic E-state index is -0.428. The maximum atomic E-state index is 10.7. The van der Waals surface area contributed by atoms with E-state index in [-0.39, 0.29) is 5.69 Å². The summed E-state index contributed by atoms with van der Waals surface area (Å²) >= 11 is 17.8. The van der Waals surface area contributed by atoms with Crippen LogP contribution >= 0.6 is 35.4 Å². The number of hydrogen-bond acceptors (Lipinski definition) is 4. The summed E-state index contributed by atoms with van der Waals surface area (Å²) in [6, 6.07) is 11.8. The number of nitrogens with zero attached hydrogens (tertiary/aromatic N) is 3. The van der Waals surface area contributed by atoms with Gasteiger partial charge in [-0.25, -0.2) is 0 Å². The average Bonchev–Trinajstić information content (AvgIpc) is 2.64. The minimum Gasteiger partial charge on any atom is -0.367 e. The summed E-state index contributed by atoms with van der Waals surface area (Å²) in [6.07, 6.45) is 0. The van der Waals surface area contributed by atoms with Crippen molar-refractivity contribution >= 4 is 57.6 Å². The summed E-state index contributed by atoms with van der Waals surface area (Å²) in [4.78, 5) is 14.5. The summed E-state index contributed by atoms with van der Waals surface area (Å²) in [5.41, 5.74) is 1.70. The van der Waals surface area contributed by atoms with Gasteiger partial charge in [0, 0.05) is 44.0 Å². The maximum absolute atomic E-state index is 10.7. The molecular weight excluding hydrogens is 395 g/mol. The van der Waals surface area contributed by atoms with Crippen molar-refractivity contribution in [2.75, 3.05) is 36.4 Å².